The third-order valence-corrected chi connectivity index (χ3v) is 0. The first-order chi connectivity index (χ1) is 3.15. The molecule has 44 valence electrons. The summed E-state index contributed by atoms with van der Waals surface area (Å²) in [6.45, 7) is 0. The van der Waals surface area contributed by atoms with E-state index in [4.69, 9.17) is 13.2 Å². The van der Waals surface area contributed by atoms with Crippen LogP contribution in [0.5, 0.6) is 0 Å². The molecule has 0 atom stereocenters. The second-order valence-corrected chi connectivity index (χ2v) is 0.626. The van der Waals surface area contributed by atoms with E-state index in [9.17, 15) is 0 Å². The van der Waals surface area contributed by atoms with Crippen LogP contribution in [0, 0.1) is 0 Å². The second kappa shape index (κ2) is 15.7. The van der Waals surface area contributed by atoms with Gasteiger partial charge in [0.2, 0.25) is 0 Å². The molecule has 0 aromatic rings. The molecule has 0 radical (unpaired) electrons. The molecule has 0 heterocycles. The molecule has 4 N–H and O–H groups in total. The zero-order chi connectivity index (χ0) is 6.28. The third-order valence-electron chi connectivity index (χ3n) is 0. The number of hydrogen-bond acceptors (Lipinski definition) is 4. The van der Waals surface area contributed by atoms with Gasteiger partial charge in [-0.3, -0.25) is 0 Å². The van der Waals surface area contributed by atoms with E-state index in [0.29, 0.717) is 0 Å². The number of nitrogens with two attached hydrogens (primary N) is 2. The van der Waals surface area contributed by atoms with Crippen LogP contribution < -0.4 is 62.9 Å². The summed E-state index contributed by atoms with van der Waals surface area (Å²) in [6, 6.07) is -0.833. The number of carbonyl (C=O) groups excluding carboxylic acids is 1. The first-order valence-corrected chi connectivity index (χ1v) is 1.88. The van der Waals surface area contributed by atoms with Crippen LogP contribution in [0.25, 0.3) is 0 Å². The molecule has 0 aliphatic rings. The van der Waals surface area contributed by atoms with Gasteiger partial charge in [0.15, 0.2) is 0 Å². The maximum absolute atomic E-state index is 9.00. The van der Waals surface area contributed by atoms with Gasteiger partial charge in [0.25, 0.3) is 0 Å². The van der Waals surface area contributed by atoms with E-state index >= 15 is 0 Å². The van der Waals surface area contributed by atoms with Gasteiger partial charge in [-0.05, 0) is 0 Å². The fourth-order valence-electron chi connectivity index (χ4n) is 0. The van der Waals surface area contributed by atoms with Gasteiger partial charge in [0, 0.05) is 0 Å². The Kier molecular flexibility index (Phi) is 31.2. The molecule has 0 bridgehead atoms. The molecule has 0 saturated carbocycles. The van der Waals surface area contributed by atoms with Crippen molar-refractivity contribution in [2.24, 2.45) is 11.5 Å². The Bertz CT molecular complexity index is 85.3. The molecule has 0 aromatic heterocycles. The molecule has 7 heteroatoms. The number of primary amides is 2. The number of amides is 2. The SMILES string of the molecule is NC(N)=O.O=[SH-]=O.[K+]. The monoisotopic (exact) mass is 164 g/mol. The number of urea groups is 1. The Morgan fingerprint density at radius 2 is 1.25 bits per heavy atom. The van der Waals surface area contributed by atoms with E-state index in [2.05, 4.69) is 11.5 Å². The molecule has 0 fully saturated rings. The van der Waals surface area contributed by atoms with Crippen LogP contribution in [0.1, 0.15) is 0 Å². The molecule has 0 unspecified atom stereocenters. The third kappa shape index (κ3) is 321. The van der Waals surface area contributed by atoms with Crippen LogP contribution in [0.2, 0.25) is 0 Å². The summed E-state index contributed by atoms with van der Waals surface area (Å²) >= 11 is -1.08. The Labute approximate surface area is 92.2 Å². The van der Waals surface area contributed by atoms with Gasteiger partial charge in [-0.1, -0.05) is 11.6 Å². The molecule has 0 aromatic carbocycles. The van der Waals surface area contributed by atoms with Crippen molar-refractivity contribution in [2.45, 2.75) is 0 Å². The van der Waals surface area contributed by atoms with Gasteiger partial charge in [-0.2, -0.15) is 0 Å². The van der Waals surface area contributed by atoms with Crippen molar-refractivity contribution in [3.05, 3.63) is 0 Å². The normalized spacial score (nSPS) is 5.00. The predicted octanol–water partition coefficient (Wildman–Crippen LogP) is -4.48. The Balaban J connectivity index is -0.0000000575. The van der Waals surface area contributed by atoms with Gasteiger partial charge < -0.3 is 19.9 Å². The maximum Gasteiger partial charge on any atom is 1.00 e. The van der Waals surface area contributed by atoms with Gasteiger partial charge in [0.1, 0.15) is 0 Å². The summed E-state index contributed by atoms with van der Waals surface area (Å²) in [5.74, 6) is 0. The number of thiol groups is 1. The molecule has 0 spiro atoms. The summed E-state index contributed by atoms with van der Waals surface area (Å²) in [7, 11) is 0. The topological polar surface area (TPSA) is 103 Å². The van der Waals surface area contributed by atoms with E-state index < -0.39 is 17.6 Å². The average molecular weight is 164 g/mol. The standard InChI is InChI=1S/CH4N2O.K.HO2S/c2-1(3)4;;1-3-2/h(H4,2,3,4);;3H/q;+1;-1. The predicted molar refractivity (Wildman–Crippen MR) is 23.9 cm³/mol. The molecule has 0 rings (SSSR count). The molecular weight excluding hydrogens is 159 g/mol. The zero-order valence-electron chi connectivity index (χ0n) is 4.33. The van der Waals surface area contributed by atoms with Crippen molar-refractivity contribution in [3.8, 4) is 0 Å². The van der Waals surface area contributed by atoms with Crippen molar-refractivity contribution in [2.75, 3.05) is 0 Å². The summed E-state index contributed by atoms with van der Waals surface area (Å²) in [4.78, 5) is 9.00. The van der Waals surface area contributed by atoms with Gasteiger partial charge in [0.05, 0.1) is 0 Å². The van der Waals surface area contributed by atoms with E-state index in [1.165, 1.54) is 0 Å². The van der Waals surface area contributed by atoms with Crippen LogP contribution in [0.15, 0.2) is 0 Å². The molecule has 0 saturated heterocycles. The van der Waals surface area contributed by atoms with E-state index in [1.54, 1.807) is 0 Å². The molecule has 0 aliphatic carbocycles. The van der Waals surface area contributed by atoms with Crippen molar-refractivity contribution in [1.29, 1.82) is 0 Å². The first-order valence-electron chi connectivity index (χ1n) is 1.15. The average Bonchev–Trinajstić information content (AvgIpc) is 1.33. The number of rotatable bonds is 0. The fourth-order valence-corrected chi connectivity index (χ4v) is 0. The van der Waals surface area contributed by atoms with Gasteiger partial charge in [-0.15, -0.1) is 0 Å². The Morgan fingerprint density at radius 3 is 1.25 bits per heavy atom. The Morgan fingerprint density at radius 1 is 1.25 bits per heavy atom. The molecule has 2 amide bonds. The van der Waals surface area contributed by atoms with Gasteiger partial charge in [-0.25, -0.2) is 4.79 Å². The number of carbonyl (C=O) groups is 1. The zero-order valence-corrected chi connectivity index (χ0v) is 8.34. The van der Waals surface area contributed by atoms with E-state index in [1.807, 2.05) is 0 Å². The van der Waals surface area contributed by atoms with Crippen molar-refractivity contribution < 1.29 is 64.6 Å². The first kappa shape index (κ1) is 15.9. The van der Waals surface area contributed by atoms with E-state index in [-0.39, 0.29) is 51.4 Å². The Hall–Kier alpha value is 0.856. The largest absolute Gasteiger partial charge is 1.00 e. The number of hydrogen-bond donors (Lipinski definition) is 2. The minimum Gasteiger partial charge on any atom is -0.427 e. The second-order valence-electron chi connectivity index (χ2n) is 0.477. The molecular formula is CH5KN2O3S. The van der Waals surface area contributed by atoms with Crippen LogP contribution in [-0.2, 0) is 20.0 Å². The fraction of sp³-hybridized carbons (Fsp3) is 0. The summed E-state index contributed by atoms with van der Waals surface area (Å²) in [5.41, 5.74) is 8.50. The quantitative estimate of drug-likeness (QED) is 0.214. The van der Waals surface area contributed by atoms with Crippen molar-refractivity contribution in [1.82, 2.24) is 0 Å². The minimum atomic E-state index is -1.08. The molecule has 5 nitrogen and oxygen atoms in total. The van der Waals surface area contributed by atoms with Crippen LogP contribution >= 0.6 is 0 Å². The van der Waals surface area contributed by atoms with Crippen LogP contribution in [0.4, 0.5) is 4.79 Å². The van der Waals surface area contributed by atoms with Crippen LogP contribution in [0.3, 0.4) is 0 Å². The maximum atomic E-state index is 9.00. The van der Waals surface area contributed by atoms with Gasteiger partial charge >= 0.3 is 57.4 Å². The van der Waals surface area contributed by atoms with Crippen molar-refractivity contribution >= 4 is 17.6 Å². The van der Waals surface area contributed by atoms with Crippen molar-refractivity contribution in [3.63, 3.8) is 0 Å². The summed E-state index contributed by atoms with van der Waals surface area (Å²) in [6.07, 6.45) is 0. The minimum absolute atomic E-state index is 0. The summed E-state index contributed by atoms with van der Waals surface area (Å²) < 4.78 is 16.7. The smallest absolute Gasteiger partial charge is 0.427 e. The molecule has 0 aliphatic heterocycles. The molecule has 8 heavy (non-hydrogen) atoms. The van der Waals surface area contributed by atoms with E-state index in [0.717, 1.165) is 0 Å². The summed E-state index contributed by atoms with van der Waals surface area (Å²) in [5, 5.41) is 0. The van der Waals surface area contributed by atoms with Crippen LogP contribution in [-0.4, -0.2) is 6.03 Å².